The molecule has 1 fully saturated rings. The summed E-state index contributed by atoms with van der Waals surface area (Å²) in [5.41, 5.74) is 3.75. The average Bonchev–Trinajstić information content (AvgIpc) is 3.24. The molecular weight excluding hydrogens is 446 g/mol. The highest BCUT2D eigenvalue weighted by Crippen LogP contribution is 2.30. The lowest BCUT2D eigenvalue weighted by Gasteiger charge is -2.31. The molecule has 0 aromatic heterocycles. The van der Waals surface area contributed by atoms with Gasteiger partial charge in [-0.05, 0) is 56.1 Å². The zero-order valence-electron chi connectivity index (χ0n) is 16.8. The summed E-state index contributed by atoms with van der Waals surface area (Å²) in [5.74, 6) is 0.293. The first-order valence-corrected chi connectivity index (χ1v) is 11.2. The van der Waals surface area contributed by atoms with E-state index in [0.717, 1.165) is 60.3 Å². The van der Waals surface area contributed by atoms with Crippen LogP contribution in [0, 0.1) is 5.92 Å². The van der Waals surface area contributed by atoms with E-state index in [1.165, 1.54) is 5.56 Å². The van der Waals surface area contributed by atoms with Crippen molar-refractivity contribution >= 4 is 39.2 Å². The molecule has 158 valence electrons. The van der Waals surface area contributed by atoms with Gasteiger partial charge in [0.05, 0.1) is 11.4 Å². The Morgan fingerprint density at radius 1 is 1.13 bits per heavy atom. The SMILES string of the molecule is O=C(Nc1cccc2c1NCC2)OCCN1CCC(C(=O)c2ccc(Br)cc2)CC1. The molecular formula is C23H26BrN3O3. The molecule has 2 aromatic rings. The highest BCUT2D eigenvalue weighted by Gasteiger charge is 2.25. The molecule has 7 heteroatoms. The van der Waals surface area contributed by atoms with E-state index >= 15 is 0 Å². The summed E-state index contributed by atoms with van der Waals surface area (Å²) in [6.07, 6.45) is 2.21. The molecule has 2 N–H and O–H groups in total. The number of carbonyl (C=O) groups excluding carboxylic acids is 2. The fraction of sp³-hybridized carbons (Fsp3) is 0.391. The maximum Gasteiger partial charge on any atom is 0.411 e. The van der Waals surface area contributed by atoms with Crippen molar-refractivity contribution in [3.63, 3.8) is 0 Å². The number of piperidine rings is 1. The molecule has 4 rings (SSSR count). The van der Waals surface area contributed by atoms with Gasteiger partial charge in [-0.2, -0.15) is 0 Å². The molecule has 0 atom stereocenters. The maximum atomic E-state index is 12.7. The van der Waals surface area contributed by atoms with E-state index < -0.39 is 6.09 Å². The lowest BCUT2D eigenvalue weighted by molar-refractivity contribution is 0.0813. The van der Waals surface area contributed by atoms with Gasteiger partial charge in [0.15, 0.2) is 5.78 Å². The fourth-order valence-corrected chi connectivity index (χ4v) is 4.39. The first-order valence-electron chi connectivity index (χ1n) is 10.4. The number of benzene rings is 2. The van der Waals surface area contributed by atoms with E-state index in [-0.39, 0.29) is 11.7 Å². The Morgan fingerprint density at radius 2 is 1.90 bits per heavy atom. The lowest BCUT2D eigenvalue weighted by Crippen LogP contribution is -2.38. The molecule has 2 aliphatic heterocycles. The van der Waals surface area contributed by atoms with Gasteiger partial charge in [0.1, 0.15) is 6.61 Å². The van der Waals surface area contributed by atoms with Crippen LogP contribution < -0.4 is 10.6 Å². The van der Waals surface area contributed by atoms with Crippen molar-refractivity contribution in [3.8, 4) is 0 Å². The third-order valence-electron chi connectivity index (χ3n) is 5.81. The Hall–Kier alpha value is -2.38. The number of rotatable bonds is 6. The number of amides is 1. The van der Waals surface area contributed by atoms with Crippen LogP contribution in [0.4, 0.5) is 16.2 Å². The van der Waals surface area contributed by atoms with E-state index in [1.807, 2.05) is 36.4 Å². The van der Waals surface area contributed by atoms with Crippen molar-refractivity contribution < 1.29 is 14.3 Å². The van der Waals surface area contributed by atoms with Gasteiger partial charge in [-0.15, -0.1) is 0 Å². The van der Waals surface area contributed by atoms with Crippen LogP contribution in [0.2, 0.25) is 0 Å². The molecule has 0 aliphatic carbocycles. The number of halogens is 1. The Bertz CT molecular complexity index is 908. The molecule has 1 amide bonds. The van der Waals surface area contributed by atoms with Crippen molar-refractivity contribution in [1.82, 2.24) is 4.90 Å². The molecule has 1 saturated heterocycles. The van der Waals surface area contributed by atoms with E-state index in [9.17, 15) is 9.59 Å². The van der Waals surface area contributed by atoms with Crippen LogP contribution in [0.5, 0.6) is 0 Å². The topological polar surface area (TPSA) is 70.7 Å². The predicted octanol–water partition coefficient (Wildman–Crippen LogP) is 4.56. The number of hydrogen-bond donors (Lipinski definition) is 2. The van der Waals surface area contributed by atoms with Crippen LogP contribution in [-0.4, -0.2) is 49.6 Å². The number of carbonyl (C=O) groups is 2. The summed E-state index contributed by atoms with van der Waals surface area (Å²) >= 11 is 3.40. The van der Waals surface area contributed by atoms with E-state index in [1.54, 1.807) is 0 Å². The van der Waals surface area contributed by atoms with Crippen LogP contribution in [0.25, 0.3) is 0 Å². The van der Waals surface area contributed by atoms with Gasteiger partial charge in [-0.25, -0.2) is 4.79 Å². The highest BCUT2D eigenvalue weighted by atomic mass is 79.9. The van der Waals surface area contributed by atoms with Gasteiger partial charge in [0.2, 0.25) is 0 Å². The number of anilines is 2. The van der Waals surface area contributed by atoms with Gasteiger partial charge in [-0.3, -0.25) is 15.0 Å². The third kappa shape index (κ3) is 5.02. The summed E-state index contributed by atoms with van der Waals surface area (Å²) in [7, 11) is 0. The van der Waals surface area contributed by atoms with Crippen molar-refractivity contribution in [3.05, 3.63) is 58.1 Å². The number of nitrogens with one attached hydrogen (secondary N) is 2. The quantitative estimate of drug-likeness (QED) is 0.604. The molecule has 2 aliphatic rings. The summed E-state index contributed by atoms with van der Waals surface area (Å²) < 4.78 is 6.35. The van der Waals surface area contributed by atoms with Crippen molar-refractivity contribution in [2.24, 2.45) is 5.92 Å². The largest absolute Gasteiger partial charge is 0.448 e. The lowest BCUT2D eigenvalue weighted by atomic mass is 9.89. The molecule has 0 bridgehead atoms. The monoisotopic (exact) mass is 471 g/mol. The van der Waals surface area contributed by atoms with Gasteiger partial charge in [0.25, 0.3) is 0 Å². The first kappa shape index (κ1) is 20.9. The molecule has 30 heavy (non-hydrogen) atoms. The second-order valence-electron chi connectivity index (χ2n) is 7.76. The molecule has 0 unspecified atom stereocenters. The van der Waals surface area contributed by atoms with Crippen LogP contribution in [0.3, 0.4) is 0 Å². The zero-order valence-corrected chi connectivity index (χ0v) is 18.4. The maximum absolute atomic E-state index is 12.7. The Balaban J connectivity index is 1.18. The van der Waals surface area contributed by atoms with Crippen LogP contribution in [0.1, 0.15) is 28.8 Å². The number of nitrogens with zero attached hydrogens (tertiary/aromatic N) is 1. The molecule has 6 nitrogen and oxygen atoms in total. The number of ether oxygens (including phenoxy) is 1. The van der Waals surface area contributed by atoms with Crippen molar-refractivity contribution in [2.75, 3.05) is 43.4 Å². The number of hydrogen-bond acceptors (Lipinski definition) is 5. The molecule has 2 heterocycles. The van der Waals surface area contributed by atoms with Gasteiger partial charge in [0, 0.05) is 29.0 Å². The summed E-state index contributed by atoms with van der Waals surface area (Å²) in [5, 5.41) is 6.14. The third-order valence-corrected chi connectivity index (χ3v) is 6.34. The number of likely N-dealkylation sites (tertiary alicyclic amines) is 1. The molecule has 2 aromatic carbocycles. The number of Topliss-reactive ketones (excluding diaryl/α,β-unsaturated/α-hetero) is 1. The minimum atomic E-state index is -0.433. The van der Waals surface area contributed by atoms with Crippen LogP contribution in [-0.2, 0) is 11.2 Å². The standard InChI is InChI=1S/C23H26BrN3O3/c24-19-6-4-17(5-7-19)22(28)18-9-12-27(13-10-18)14-15-30-23(29)26-20-3-1-2-16-8-11-25-21(16)20/h1-7,18,25H,8-15H2,(H,26,29). The van der Waals surface area contributed by atoms with E-state index in [0.29, 0.717) is 13.2 Å². The highest BCUT2D eigenvalue weighted by molar-refractivity contribution is 9.10. The number of para-hydroxylation sites is 1. The van der Waals surface area contributed by atoms with E-state index in [2.05, 4.69) is 37.5 Å². The minimum absolute atomic E-state index is 0.0688. The van der Waals surface area contributed by atoms with Crippen LogP contribution >= 0.6 is 15.9 Å². The van der Waals surface area contributed by atoms with Gasteiger partial charge < -0.3 is 10.1 Å². The Morgan fingerprint density at radius 3 is 2.67 bits per heavy atom. The van der Waals surface area contributed by atoms with Crippen molar-refractivity contribution in [1.29, 1.82) is 0 Å². The average molecular weight is 472 g/mol. The second-order valence-corrected chi connectivity index (χ2v) is 8.68. The Labute approximate surface area is 185 Å². The normalized spacial score (nSPS) is 16.6. The van der Waals surface area contributed by atoms with Gasteiger partial charge in [-0.1, -0.05) is 40.2 Å². The minimum Gasteiger partial charge on any atom is -0.448 e. The zero-order chi connectivity index (χ0) is 20.9. The van der Waals surface area contributed by atoms with Crippen LogP contribution in [0.15, 0.2) is 46.9 Å². The molecule has 0 saturated carbocycles. The van der Waals surface area contributed by atoms with Crippen molar-refractivity contribution in [2.45, 2.75) is 19.3 Å². The summed E-state index contributed by atoms with van der Waals surface area (Å²) in [4.78, 5) is 27.1. The smallest absolute Gasteiger partial charge is 0.411 e. The first-order chi connectivity index (χ1) is 14.6. The Kier molecular flexibility index (Phi) is 6.69. The number of fused-ring (bicyclic) bond motifs is 1. The molecule has 0 radical (unpaired) electrons. The number of ketones is 1. The second kappa shape index (κ2) is 9.62. The summed E-state index contributed by atoms with van der Waals surface area (Å²) in [6.45, 7) is 3.59. The van der Waals surface area contributed by atoms with E-state index in [4.69, 9.17) is 4.74 Å². The van der Waals surface area contributed by atoms with Gasteiger partial charge >= 0.3 is 6.09 Å². The predicted molar refractivity (Wildman–Crippen MR) is 121 cm³/mol. The summed E-state index contributed by atoms with van der Waals surface area (Å²) in [6, 6.07) is 13.5. The molecule has 0 spiro atoms. The fourth-order valence-electron chi connectivity index (χ4n) is 4.13.